The second kappa shape index (κ2) is 3.71. The summed E-state index contributed by atoms with van der Waals surface area (Å²) in [5.41, 5.74) is -0.739. The standard InChI is InChI=1S/C8H10N2O2/c1-2-3-5-10-6-4-7(11)9-8(10)12/h2-4,6H,5H2,1H3,(H,9,11,12)/b3-2+. The molecule has 1 N–H and O–H groups in total. The molecule has 0 saturated heterocycles. The highest BCUT2D eigenvalue weighted by Crippen LogP contribution is 1.78. The molecule has 4 heteroatoms. The van der Waals surface area contributed by atoms with Crippen molar-refractivity contribution in [3.8, 4) is 0 Å². The Balaban J connectivity index is 3.02. The normalized spacial score (nSPS) is 10.8. The third kappa shape index (κ3) is 1.95. The third-order valence-corrected chi connectivity index (χ3v) is 1.43. The van der Waals surface area contributed by atoms with Crippen LogP contribution < -0.4 is 11.2 Å². The summed E-state index contributed by atoms with van der Waals surface area (Å²) in [6, 6.07) is 1.32. The van der Waals surface area contributed by atoms with E-state index in [2.05, 4.69) is 4.98 Å². The molecule has 12 heavy (non-hydrogen) atoms. The van der Waals surface area contributed by atoms with Gasteiger partial charge in [-0.25, -0.2) is 4.79 Å². The summed E-state index contributed by atoms with van der Waals surface area (Å²) in [4.78, 5) is 23.8. The van der Waals surface area contributed by atoms with Gasteiger partial charge < -0.3 is 0 Å². The van der Waals surface area contributed by atoms with E-state index in [1.807, 2.05) is 19.1 Å². The Labute approximate surface area is 69.2 Å². The molecule has 0 fully saturated rings. The Kier molecular flexibility index (Phi) is 2.63. The predicted molar refractivity (Wildman–Crippen MR) is 46.1 cm³/mol. The van der Waals surface area contributed by atoms with Crippen molar-refractivity contribution in [2.45, 2.75) is 13.5 Å². The van der Waals surface area contributed by atoms with Crippen molar-refractivity contribution >= 4 is 0 Å². The molecule has 1 aromatic heterocycles. The molecule has 0 atom stereocenters. The van der Waals surface area contributed by atoms with E-state index in [0.717, 1.165) is 0 Å². The zero-order valence-corrected chi connectivity index (χ0v) is 6.78. The van der Waals surface area contributed by atoms with Gasteiger partial charge in [0.25, 0.3) is 5.56 Å². The lowest BCUT2D eigenvalue weighted by Gasteiger charge is -1.97. The summed E-state index contributed by atoms with van der Waals surface area (Å²) in [5.74, 6) is 0. The lowest BCUT2D eigenvalue weighted by Crippen LogP contribution is -2.28. The van der Waals surface area contributed by atoms with Crippen LogP contribution in [0.2, 0.25) is 0 Å². The number of hydrogen-bond donors (Lipinski definition) is 1. The molecule has 0 saturated carbocycles. The van der Waals surface area contributed by atoms with Gasteiger partial charge in [-0.15, -0.1) is 0 Å². The van der Waals surface area contributed by atoms with E-state index >= 15 is 0 Å². The number of nitrogens with one attached hydrogen (secondary N) is 1. The first-order valence-electron chi connectivity index (χ1n) is 3.65. The van der Waals surface area contributed by atoms with E-state index < -0.39 is 0 Å². The maximum atomic E-state index is 11.0. The van der Waals surface area contributed by atoms with Gasteiger partial charge in [0.1, 0.15) is 0 Å². The maximum absolute atomic E-state index is 11.0. The molecule has 0 unspecified atom stereocenters. The Morgan fingerprint density at radius 2 is 2.33 bits per heavy atom. The fourth-order valence-electron chi connectivity index (χ4n) is 0.807. The van der Waals surface area contributed by atoms with Crippen molar-refractivity contribution in [1.29, 1.82) is 0 Å². The van der Waals surface area contributed by atoms with Crippen molar-refractivity contribution in [2.75, 3.05) is 0 Å². The van der Waals surface area contributed by atoms with Crippen molar-refractivity contribution in [1.82, 2.24) is 9.55 Å². The molecule has 0 amide bonds. The van der Waals surface area contributed by atoms with Crippen LogP contribution >= 0.6 is 0 Å². The van der Waals surface area contributed by atoms with E-state index in [0.29, 0.717) is 6.54 Å². The number of H-pyrrole nitrogens is 1. The quantitative estimate of drug-likeness (QED) is 0.634. The Morgan fingerprint density at radius 3 is 2.92 bits per heavy atom. The SMILES string of the molecule is C/C=C/Cn1ccc(=O)[nH]c1=O. The Bertz CT molecular complexity index is 387. The average molecular weight is 166 g/mol. The first-order chi connectivity index (χ1) is 5.74. The molecule has 0 bridgehead atoms. The Hall–Kier alpha value is -1.58. The van der Waals surface area contributed by atoms with Crippen molar-refractivity contribution in [2.24, 2.45) is 0 Å². The average Bonchev–Trinajstić information content (AvgIpc) is 2.03. The van der Waals surface area contributed by atoms with Crippen LogP contribution in [-0.4, -0.2) is 9.55 Å². The van der Waals surface area contributed by atoms with Gasteiger partial charge in [0, 0.05) is 18.8 Å². The van der Waals surface area contributed by atoms with Crippen LogP contribution in [0.4, 0.5) is 0 Å². The van der Waals surface area contributed by atoms with E-state index in [1.165, 1.54) is 16.8 Å². The van der Waals surface area contributed by atoms with E-state index in [1.54, 1.807) is 0 Å². The van der Waals surface area contributed by atoms with Crippen LogP contribution in [0.25, 0.3) is 0 Å². The van der Waals surface area contributed by atoms with Crippen LogP contribution in [0.15, 0.2) is 34.0 Å². The van der Waals surface area contributed by atoms with E-state index in [4.69, 9.17) is 0 Å². The molecule has 0 radical (unpaired) electrons. The van der Waals surface area contributed by atoms with Crippen LogP contribution in [-0.2, 0) is 6.54 Å². The zero-order chi connectivity index (χ0) is 8.97. The molecule has 0 aromatic carbocycles. The molecule has 0 aliphatic rings. The fraction of sp³-hybridized carbons (Fsp3) is 0.250. The highest BCUT2D eigenvalue weighted by atomic mass is 16.2. The topological polar surface area (TPSA) is 54.9 Å². The molecule has 1 rings (SSSR count). The smallest absolute Gasteiger partial charge is 0.297 e. The molecule has 1 heterocycles. The number of aromatic amines is 1. The third-order valence-electron chi connectivity index (χ3n) is 1.43. The predicted octanol–water partition coefficient (Wildman–Crippen LogP) is 0.113. The highest BCUT2D eigenvalue weighted by molar-refractivity contribution is 4.86. The minimum Gasteiger partial charge on any atom is -0.297 e. The number of nitrogens with zero attached hydrogens (tertiary/aromatic N) is 1. The van der Waals surface area contributed by atoms with Gasteiger partial charge in [-0.3, -0.25) is 14.3 Å². The van der Waals surface area contributed by atoms with Crippen LogP contribution in [0.1, 0.15) is 6.92 Å². The summed E-state index contributed by atoms with van der Waals surface area (Å²) in [6.45, 7) is 2.36. The Morgan fingerprint density at radius 1 is 1.58 bits per heavy atom. The summed E-state index contributed by atoms with van der Waals surface area (Å²) in [7, 11) is 0. The minimum atomic E-state index is -0.374. The largest absolute Gasteiger partial charge is 0.328 e. The van der Waals surface area contributed by atoms with Crippen molar-refractivity contribution in [3.05, 3.63) is 45.3 Å². The first kappa shape index (κ1) is 8.52. The molecular weight excluding hydrogens is 156 g/mol. The van der Waals surface area contributed by atoms with Gasteiger partial charge in [0.2, 0.25) is 0 Å². The van der Waals surface area contributed by atoms with Crippen LogP contribution in [0.3, 0.4) is 0 Å². The van der Waals surface area contributed by atoms with Crippen LogP contribution in [0.5, 0.6) is 0 Å². The van der Waals surface area contributed by atoms with E-state index in [-0.39, 0.29) is 11.2 Å². The summed E-state index contributed by atoms with van der Waals surface area (Å²) in [6.07, 6.45) is 5.15. The number of hydrogen-bond acceptors (Lipinski definition) is 2. The first-order valence-corrected chi connectivity index (χ1v) is 3.65. The van der Waals surface area contributed by atoms with Gasteiger partial charge in [0.15, 0.2) is 0 Å². The fourth-order valence-corrected chi connectivity index (χ4v) is 0.807. The van der Waals surface area contributed by atoms with Gasteiger partial charge in [-0.1, -0.05) is 12.2 Å². The summed E-state index contributed by atoms with van der Waals surface area (Å²) >= 11 is 0. The highest BCUT2D eigenvalue weighted by Gasteiger charge is 1.91. The molecule has 1 aromatic rings. The molecule has 0 spiro atoms. The second-order valence-corrected chi connectivity index (χ2v) is 2.33. The molecule has 0 aliphatic carbocycles. The van der Waals surface area contributed by atoms with Gasteiger partial charge in [0.05, 0.1) is 0 Å². The molecule has 0 aliphatic heterocycles. The second-order valence-electron chi connectivity index (χ2n) is 2.33. The van der Waals surface area contributed by atoms with Crippen LogP contribution in [0, 0.1) is 0 Å². The van der Waals surface area contributed by atoms with Gasteiger partial charge in [-0.2, -0.15) is 0 Å². The summed E-state index contributed by atoms with van der Waals surface area (Å²) in [5, 5.41) is 0. The van der Waals surface area contributed by atoms with Gasteiger partial charge >= 0.3 is 5.69 Å². The number of aromatic nitrogens is 2. The monoisotopic (exact) mass is 166 g/mol. The minimum absolute atomic E-state index is 0.364. The zero-order valence-electron chi connectivity index (χ0n) is 6.78. The summed E-state index contributed by atoms with van der Waals surface area (Å²) < 4.78 is 1.42. The van der Waals surface area contributed by atoms with Gasteiger partial charge in [-0.05, 0) is 6.92 Å². The molecule has 64 valence electrons. The lowest BCUT2D eigenvalue weighted by atomic mass is 10.5. The van der Waals surface area contributed by atoms with E-state index in [9.17, 15) is 9.59 Å². The maximum Gasteiger partial charge on any atom is 0.328 e. The number of rotatable bonds is 2. The van der Waals surface area contributed by atoms with Crippen molar-refractivity contribution < 1.29 is 0 Å². The molecular formula is C8H10N2O2. The lowest BCUT2D eigenvalue weighted by molar-refractivity contribution is 0.735. The van der Waals surface area contributed by atoms with Crippen molar-refractivity contribution in [3.63, 3.8) is 0 Å². The molecule has 4 nitrogen and oxygen atoms in total. The number of allylic oxidation sites excluding steroid dienone is 2.